The molecule has 0 fully saturated rings. The summed E-state index contributed by atoms with van der Waals surface area (Å²) in [4.78, 5) is 8.63. The summed E-state index contributed by atoms with van der Waals surface area (Å²) >= 11 is 12.0. The van der Waals surface area contributed by atoms with Gasteiger partial charge in [0.25, 0.3) is 0 Å². The second-order valence-electron chi connectivity index (χ2n) is 3.84. The Bertz CT molecular complexity index is 544. The van der Waals surface area contributed by atoms with E-state index in [0.29, 0.717) is 10.0 Å². The molecule has 2 aromatic rings. The van der Waals surface area contributed by atoms with Crippen molar-refractivity contribution in [3.63, 3.8) is 0 Å². The third-order valence-electron chi connectivity index (χ3n) is 2.40. The standard InChI is InChI=1S/C13H13Cl2N3/c1-2-5-17-13-8-16-7-12(18-13)10-4-3-9(14)6-11(10)15/h3-4,6-8H,2,5H2,1H3,(H,17,18). The van der Waals surface area contributed by atoms with Crippen molar-refractivity contribution in [3.05, 3.63) is 40.6 Å². The monoisotopic (exact) mass is 281 g/mol. The van der Waals surface area contributed by atoms with Crippen molar-refractivity contribution in [2.24, 2.45) is 0 Å². The minimum atomic E-state index is 0.574. The third-order valence-corrected chi connectivity index (χ3v) is 2.95. The minimum Gasteiger partial charge on any atom is -0.369 e. The van der Waals surface area contributed by atoms with Crippen LogP contribution in [0.15, 0.2) is 30.6 Å². The zero-order chi connectivity index (χ0) is 13.0. The van der Waals surface area contributed by atoms with Gasteiger partial charge in [-0.1, -0.05) is 30.1 Å². The maximum absolute atomic E-state index is 6.15. The van der Waals surface area contributed by atoms with Gasteiger partial charge in [0.15, 0.2) is 0 Å². The summed E-state index contributed by atoms with van der Waals surface area (Å²) in [6, 6.07) is 5.33. The molecule has 0 saturated carbocycles. The van der Waals surface area contributed by atoms with Crippen LogP contribution >= 0.6 is 23.2 Å². The van der Waals surface area contributed by atoms with Crippen molar-refractivity contribution in [1.82, 2.24) is 9.97 Å². The molecular weight excluding hydrogens is 269 g/mol. The fourth-order valence-corrected chi connectivity index (χ4v) is 2.04. The molecule has 3 nitrogen and oxygen atoms in total. The van der Waals surface area contributed by atoms with E-state index in [1.54, 1.807) is 24.5 Å². The number of hydrogen-bond donors (Lipinski definition) is 1. The molecule has 18 heavy (non-hydrogen) atoms. The average molecular weight is 282 g/mol. The highest BCUT2D eigenvalue weighted by Crippen LogP contribution is 2.29. The molecule has 1 N–H and O–H groups in total. The fraction of sp³-hybridized carbons (Fsp3) is 0.231. The van der Waals surface area contributed by atoms with Crippen LogP contribution in [0.4, 0.5) is 5.82 Å². The van der Waals surface area contributed by atoms with Gasteiger partial charge in [-0.2, -0.15) is 0 Å². The van der Waals surface area contributed by atoms with Gasteiger partial charge in [0, 0.05) is 17.1 Å². The Labute approximate surface area is 116 Å². The van der Waals surface area contributed by atoms with E-state index in [4.69, 9.17) is 23.2 Å². The number of nitrogens with zero attached hydrogens (tertiary/aromatic N) is 2. The maximum atomic E-state index is 6.15. The summed E-state index contributed by atoms with van der Waals surface area (Å²) in [6.07, 6.45) is 4.42. The van der Waals surface area contributed by atoms with Crippen molar-refractivity contribution < 1.29 is 0 Å². The van der Waals surface area contributed by atoms with E-state index in [9.17, 15) is 0 Å². The van der Waals surface area contributed by atoms with Gasteiger partial charge in [0.05, 0.1) is 23.1 Å². The zero-order valence-corrected chi connectivity index (χ0v) is 11.5. The van der Waals surface area contributed by atoms with E-state index in [2.05, 4.69) is 22.2 Å². The molecule has 1 aromatic heterocycles. The molecule has 5 heteroatoms. The molecule has 0 saturated heterocycles. The van der Waals surface area contributed by atoms with E-state index in [-0.39, 0.29) is 0 Å². The molecule has 1 aromatic carbocycles. The number of aromatic nitrogens is 2. The Morgan fingerprint density at radius 1 is 1.22 bits per heavy atom. The molecular formula is C13H13Cl2N3. The van der Waals surface area contributed by atoms with Crippen LogP contribution in [0.2, 0.25) is 10.0 Å². The van der Waals surface area contributed by atoms with Gasteiger partial charge < -0.3 is 5.32 Å². The number of anilines is 1. The van der Waals surface area contributed by atoms with Gasteiger partial charge in [0.1, 0.15) is 5.82 Å². The highest BCUT2D eigenvalue weighted by atomic mass is 35.5. The molecule has 0 bridgehead atoms. The summed E-state index contributed by atoms with van der Waals surface area (Å²) in [5.41, 5.74) is 1.56. The predicted octanol–water partition coefficient (Wildman–Crippen LogP) is 4.27. The number of benzene rings is 1. The molecule has 0 amide bonds. The lowest BCUT2D eigenvalue weighted by Crippen LogP contribution is -2.02. The van der Waals surface area contributed by atoms with Crippen molar-refractivity contribution in [3.8, 4) is 11.3 Å². The van der Waals surface area contributed by atoms with Crippen molar-refractivity contribution in [2.45, 2.75) is 13.3 Å². The van der Waals surface area contributed by atoms with Crippen LogP contribution in [0.1, 0.15) is 13.3 Å². The highest BCUT2D eigenvalue weighted by molar-refractivity contribution is 6.36. The Hall–Kier alpha value is -1.32. The largest absolute Gasteiger partial charge is 0.369 e. The van der Waals surface area contributed by atoms with Gasteiger partial charge in [-0.05, 0) is 24.6 Å². The van der Waals surface area contributed by atoms with Gasteiger partial charge in [0.2, 0.25) is 0 Å². The quantitative estimate of drug-likeness (QED) is 0.909. The van der Waals surface area contributed by atoms with Crippen LogP contribution in [0, 0.1) is 0 Å². The molecule has 0 aliphatic heterocycles. The first-order chi connectivity index (χ1) is 8.70. The van der Waals surface area contributed by atoms with E-state index < -0.39 is 0 Å². The number of halogens is 2. The van der Waals surface area contributed by atoms with E-state index in [1.165, 1.54) is 0 Å². The summed E-state index contributed by atoms with van der Waals surface area (Å²) in [6.45, 7) is 2.97. The number of nitrogens with one attached hydrogen (secondary N) is 1. The Balaban J connectivity index is 2.32. The van der Waals surface area contributed by atoms with Gasteiger partial charge >= 0.3 is 0 Å². The van der Waals surface area contributed by atoms with Crippen LogP contribution in [0.3, 0.4) is 0 Å². The molecule has 0 atom stereocenters. The van der Waals surface area contributed by atoms with Crippen molar-refractivity contribution >= 4 is 29.0 Å². The van der Waals surface area contributed by atoms with Crippen LogP contribution in [0.5, 0.6) is 0 Å². The molecule has 0 unspecified atom stereocenters. The first kappa shape index (κ1) is 13.1. The van der Waals surface area contributed by atoms with E-state index >= 15 is 0 Å². The normalized spacial score (nSPS) is 10.4. The average Bonchev–Trinajstić information content (AvgIpc) is 2.36. The Morgan fingerprint density at radius 2 is 2.06 bits per heavy atom. The van der Waals surface area contributed by atoms with Gasteiger partial charge in [-0.3, -0.25) is 4.98 Å². The lowest BCUT2D eigenvalue weighted by Gasteiger charge is -2.07. The first-order valence-corrected chi connectivity index (χ1v) is 6.47. The van der Waals surface area contributed by atoms with Crippen molar-refractivity contribution in [1.29, 1.82) is 0 Å². The molecule has 0 spiro atoms. The summed E-state index contributed by atoms with van der Waals surface area (Å²) in [5.74, 6) is 0.750. The second kappa shape index (κ2) is 6.03. The Kier molecular flexibility index (Phi) is 4.39. The first-order valence-electron chi connectivity index (χ1n) is 5.72. The van der Waals surface area contributed by atoms with Crippen LogP contribution in [-0.4, -0.2) is 16.5 Å². The second-order valence-corrected chi connectivity index (χ2v) is 4.68. The SMILES string of the molecule is CCCNc1cncc(-c2ccc(Cl)cc2Cl)n1. The lowest BCUT2D eigenvalue weighted by atomic mass is 10.1. The fourth-order valence-electron chi connectivity index (χ4n) is 1.53. The highest BCUT2D eigenvalue weighted by Gasteiger charge is 2.06. The van der Waals surface area contributed by atoms with E-state index in [0.717, 1.165) is 30.0 Å². The predicted molar refractivity (Wildman–Crippen MR) is 76.3 cm³/mol. The molecule has 0 aliphatic carbocycles. The summed E-state index contributed by atoms with van der Waals surface area (Å²) in [7, 11) is 0. The third kappa shape index (κ3) is 3.12. The Morgan fingerprint density at radius 3 is 2.78 bits per heavy atom. The molecule has 94 valence electrons. The summed E-state index contributed by atoms with van der Waals surface area (Å²) in [5, 5.41) is 4.37. The van der Waals surface area contributed by atoms with Crippen molar-refractivity contribution in [2.75, 3.05) is 11.9 Å². The van der Waals surface area contributed by atoms with Crippen LogP contribution in [-0.2, 0) is 0 Å². The number of rotatable bonds is 4. The topological polar surface area (TPSA) is 37.8 Å². The summed E-state index contributed by atoms with van der Waals surface area (Å²) < 4.78 is 0. The van der Waals surface area contributed by atoms with Crippen LogP contribution in [0.25, 0.3) is 11.3 Å². The van der Waals surface area contributed by atoms with E-state index in [1.807, 2.05) is 6.07 Å². The molecule has 2 rings (SSSR count). The van der Waals surface area contributed by atoms with Gasteiger partial charge in [-0.25, -0.2) is 4.98 Å². The van der Waals surface area contributed by atoms with Gasteiger partial charge in [-0.15, -0.1) is 0 Å². The number of hydrogen-bond acceptors (Lipinski definition) is 3. The lowest BCUT2D eigenvalue weighted by molar-refractivity contribution is 0.965. The van der Waals surface area contributed by atoms with Crippen LogP contribution < -0.4 is 5.32 Å². The maximum Gasteiger partial charge on any atom is 0.145 e. The molecule has 0 aliphatic rings. The minimum absolute atomic E-state index is 0.574. The molecule has 0 radical (unpaired) electrons. The smallest absolute Gasteiger partial charge is 0.145 e. The molecule has 1 heterocycles. The zero-order valence-electron chi connectivity index (χ0n) is 9.95.